The van der Waals surface area contributed by atoms with Gasteiger partial charge < -0.3 is 5.32 Å². The van der Waals surface area contributed by atoms with Crippen LogP contribution < -0.4 is 11.1 Å². The number of aromatic nitrogens is 3. The summed E-state index contributed by atoms with van der Waals surface area (Å²) >= 11 is 0. The quantitative estimate of drug-likeness (QED) is 0.688. The van der Waals surface area contributed by atoms with Gasteiger partial charge in [-0.15, -0.1) is 0 Å². The molecule has 0 aromatic carbocycles. The van der Waals surface area contributed by atoms with Crippen LogP contribution in [0.15, 0.2) is 6.33 Å². The Morgan fingerprint density at radius 1 is 1.55 bits per heavy atom. The fraction of sp³-hybridized carbons (Fsp3) is 0.500. The average Bonchev–Trinajstić information content (AvgIpc) is 2.01. The maximum absolute atomic E-state index is 7.07. The van der Waals surface area contributed by atoms with Crippen LogP contribution in [-0.2, 0) is 0 Å². The third-order valence-corrected chi connectivity index (χ3v) is 1.10. The monoisotopic (exact) mass is 152 g/mol. The predicted octanol–water partition coefficient (Wildman–Crippen LogP) is 0.608. The fourth-order valence-electron chi connectivity index (χ4n) is 0.618. The van der Waals surface area contributed by atoms with Gasteiger partial charge in [-0.3, -0.25) is 5.73 Å². The highest BCUT2D eigenvalue weighted by Crippen LogP contribution is 1.97. The first kappa shape index (κ1) is 7.71. The number of nitrogens with one attached hydrogen (secondary N) is 2. The van der Waals surface area contributed by atoms with E-state index in [1.54, 1.807) is 0 Å². The van der Waals surface area contributed by atoms with Gasteiger partial charge in [0.2, 0.25) is 11.9 Å². The molecule has 0 bridgehead atoms. The van der Waals surface area contributed by atoms with E-state index in [2.05, 4.69) is 27.2 Å². The van der Waals surface area contributed by atoms with Crippen molar-refractivity contribution in [1.82, 2.24) is 20.7 Å². The Balaban J connectivity index is 2.56. The van der Waals surface area contributed by atoms with Crippen LogP contribution in [0, 0.1) is 0 Å². The lowest BCUT2D eigenvalue weighted by molar-refractivity contribution is 0.935. The van der Waals surface area contributed by atoms with Crippen molar-refractivity contribution in [2.75, 3.05) is 11.9 Å². The van der Waals surface area contributed by atoms with Gasteiger partial charge in [0.25, 0.3) is 0 Å². The largest absolute Gasteiger partial charge is 0.354 e. The minimum atomic E-state index is -0.00129. The van der Waals surface area contributed by atoms with Gasteiger partial charge >= 0.3 is 0 Å². The van der Waals surface area contributed by atoms with Gasteiger partial charge in [-0.1, -0.05) is 6.92 Å². The molecule has 0 atom stereocenters. The Hall–Kier alpha value is -1.39. The third-order valence-electron chi connectivity index (χ3n) is 1.10. The molecule has 0 aliphatic heterocycles. The van der Waals surface area contributed by atoms with E-state index in [1.165, 1.54) is 6.33 Å². The second-order valence-electron chi connectivity index (χ2n) is 2.06. The van der Waals surface area contributed by atoms with E-state index in [9.17, 15) is 0 Å². The van der Waals surface area contributed by atoms with E-state index in [-0.39, 0.29) is 5.95 Å². The van der Waals surface area contributed by atoms with E-state index in [0.29, 0.717) is 5.95 Å². The molecule has 0 saturated carbocycles. The molecule has 1 radical (unpaired) electrons. The number of anilines is 1. The molecule has 5 nitrogen and oxygen atoms in total. The zero-order valence-corrected chi connectivity index (χ0v) is 6.33. The molecule has 59 valence electrons. The lowest BCUT2D eigenvalue weighted by atomic mass is 10.5. The second kappa shape index (κ2) is 3.70. The maximum atomic E-state index is 7.07. The molecule has 2 N–H and O–H groups in total. The summed E-state index contributed by atoms with van der Waals surface area (Å²) < 4.78 is 0. The zero-order chi connectivity index (χ0) is 8.10. The van der Waals surface area contributed by atoms with Crippen LogP contribution in [0.1, 0.15) is 13.3 Å². The molecule has 0 fully saturated rings. The molecule has 1 heterocycles. The van der Waals surface area contributed by atoms with Crippen LogP contribution in [0.25, 0.3) is 0 Å². The normalized spacial score (nSPS) is 9.55. The van der Waals surface area contributed by atoms with Crippen molar-refractivity contribution in [3.8, 4) is 0 Å². The van der Waals surface area contributed by atoms with E-state index in [0.717, 1.165) is 13.0 Å². The number of hydrogen-bond acceptors (Lipinski definition) is 4. The number of hydrogen-bond donors (Lipinski definition) is 1. The van der Waals surface area contributed by atoms with E-state index < -0.39 is 0 Å². The van der Waals surface area contributed by atoms with Crippen LogP contribution in [0.5, 0.6) is 0 Å². The maximum Gasteiger partial charge on any atom is 0.246 e. The Morgan fingerprint density at radius 2 is 2.36 bits per heavy atom. The number of rotatable bonds is 3. The standard InChI is InChI=1S/C6H10N5/c1-2-3-8-6-10-4-9-5(7)11-6/h4,7H,2-3H2,1H3,(H,8,9,10,11). The molecule has 0 spiro atoms. The van der Waals surface area contributed by atoms with E-state index in [1.807, 2.05) is 0 Å². The molecule has 11 heavy (non-hydrogen) atoms. The van der Waals surface area contributed by atoms with Crippen LogP contribution in [0.4, 0.5) is 11.9 Å². The summed E-state index contributed by atoms with van der Waals surface area (Å²) in [5.41, 5.74) is 7.07. The second-order valence-corrected chi connectivity index (χ2v) is 2.06. The first-order valence-electron chi connectivity index (χ1n) is 3.47. The molecule has 1 aromatic heterocycles. The van der Waals surface area contributed by atoms with Crippen molar-refractivity contribution < 1.29 is 0 Å². The van der Waals surface area contributed by atoms with Crippen molar-refractivity contribution in [2.24, 2.45) is 0 Å². The summed E-state index contributed by atoms with van der Waals surface area (Å²) in [6, 6.07) is 0. The smallest absolute Gasteiger partial charge is 0.246 e. The van der Waals surface area contributed by atoms with Crippen LogP contribution in [0.2, 0.25) is 0 Å². The molecular formula is C6H10N5. The van der Waals surface area contributed by atoms with Crippen molar-refractivity contribution >= 4 is 11.9 Å². The van der Waals surface area contributed by atoms with Gasteiger partial charge in [-0.05, 0) is 6.42 Å². The third kappa shape index (κ3) is 2.37. The summed E-state index contributed by atoms with van der Waals surface area (Å²) in [5.74, 6) is 0.477. The Bertz CT molecular complexity index is 224. The minimum Gasteiger partial charge on any atom is -0.354 e. The topological polar surface area (TPSA) is 74.5 Å². The van der Waals surface area contributed by atoms with Gasteiger partial charge in [-0.25, -0.2) is 4.98 Å². The van der Waals surface area contributed by atoms with Gasteiger partial charge in [0.1, 0.15) is 6.33 Å². The Labute approximate surface area is 65.1 Å². The first-order chi connectivity index (χ1) is 5.33. The highest BCUT2D eigenvalue weighted by Gasteiger charge is 1.94. The minimum absolute atomic E-state index is 0.00129. The van der Waals surface area contributed by atoms with Crippen molar-refractivity contribution in [3.63, 3.8) is 0 Å². The molecule has 0 aliphatic carbocycles. The van der Waals surface area contributed by atoms with E-state index in [4.69, 9.17) is 5.73 Å². The summed E-state index contributed by atoms with van der Waals surface area (Å²) in [6.45, 7) is 2.87. The van der Waals surface area contributed by atoms with E-state index >= 15 is 0 Å². The van der Waals surface area contributed by atoms with Gasteiger partial charge in [0.05, 0.1) is 0 Å². The number of nitrogens with zero attached hydrogens (tertiary/aromatic N) is 3. The highest BCUT2D eigenvalue weighted by atomic mass is 15.2. The van der Waals surface area contributed by atoms with Gasteiger partial charge in [0, 0.05) is 6.54 Å². The summed E-state index contributed by atoms with van der Waals surface area (Å²) in [5, 5.41) is 2.95. The Kier molecular flexibility index (Phi) is 2.59. The lowest BCUT2D eigenvalue weighted by Gasteiger charge is -2.00. The zero-order valence-electron chi connectivity index (χ0n) is 6.33. The van der Waals surface area contributed by atoms with Crippen molar-refractivity contribution in [2.45, 2.75) is 13.3 Å². The lowest BCUT2D eigenvalue weighted by Crippen LogP contribution is -2.04. The molecular weight excluding hydrogens is 142 g/mol. The summed E-state index contributed by atoms with van der Waals surface area (Å²) in [4.78, 5) is 11.1. The molecule has 0 unspecified atom stereocenters. The molecule has 1 rings (SSSR count). The fourth-order valence-corrected chi connectivity index (χ4v) is 0.618. The molecule has 0 saturated heterocycles. The summed E-state index contributed by atoms with van der Waals surface area (Å²) in [6.07, 6.45) is 2.34. The van der Waals surface area contributed by atoms with Gasteiger partial charge in [-0.2, -0.15) is 9.97 Å². The van der Waals surface area contributed by atoms with Crippen LogP contribution >= 0.6 is 0 Å². The predicted molar refractivity (Wildman–Crippen MR) is 41.4 cm³/mol. The first-order valence-corrected chi connectivity index (χ1v) is 3.47. The van der Waals surface area contributed by atoms with Crippen LogP contribution in [0.3, 0.4) is 0 Å². The molecule has 0 aliphatic rings. The van der Waals surface area contributed by atoms with Crippen molar-refractivity contribution in [3.05, 3.63) is 6.33 Å². The van der Waals surface area contributed by atoms with Crippen molar-refractivity contribution in [1.29, 1.82) is 0 Å². The molecule has 0 amide bonds. The molecule has 1 aromatic rings. The van der Waals surface area contributed by atoms with Gasteiger partial charge in [0.15, 0.2) is 0 Å². The summed E-state index contributed by atoms with van der Waals surface area (Å²) in [7, 11) is 0. The highest BCUT2D eigenvalue weighted by molar-refractivity contribution is 5.26. The Morgan fingerprint density at radius 3 is 3.00 bits per heavy atom. The SMILES string of the molecule is CCCNc1ncnc([NH])n1. The van der Waals surface area contributed by atoms with Crippen LogP contribution in [-0.4, -0.2) is 21.5 Å². The molecule has 5 heteroatoms. The average molecular weight is 152 g/mol.